The van der Waals surface area contributed by atoms with Gasteiger partial charge >= 0.3 is 5.97 Å². The number of aromatic nitrogens is 1. The normalized spacial score (nSPS) is 19.0. The highest BCUT2D eigenvalue weighted by molar-refractivity contribution is 7.99. The highest BCUT2D eigenvalue weighted by atomic mass is 32.2. The molecule has 1 aliphatic heterocycles. The van der Waals surface area contributed by atoms with Crippen LogP contribution in [0.4, 0.5) is 0 Å². The topological polar surface area (TPSA) is 76.6 Å². The van der Waals surface area contributed by atoms with Crippen LogP contribution >= 0.6 is 11.8 Å². The van der Waals surface area contributed by atoms with E-state index in [-0.39, 0.29) is 19.3 Å². The van der Waals surface area contributed by atoms with E-state index in [4.69, 9.17) is 4.84 Å². The summed E-state index contributed by atoms with van der Waals surface area (Å²) in [6.07, 6.45) is 5.17. The minimum absolute atomic E-state index is 0.117. The molecule has 2 aliphatic rings. The Balaban J connectivity index is 1.50. The number of pyridine rings is 1. The lowest BCUT2D eigenvalue weighted by Gasteiger charge is -2.16. The van der Waals surface area contributed by atoms with E-state index >= 15 is 0 Å². The van der Waals surface area contributed by atoms with Crippen LogP contribution in [0.1, 0.15) is 38.5 Å². The Bertz CT molecular complexity index is 587. The summed E-state index contributed by atoms with van der Waals surface area (Å²) in [5.74, 6) is -0.805. The second kappa shape index (κ2) is 7.12. The Morgan fingerprint density at radius 3 is 2.65 bits per heavy atom. The van der Waals surface area contributed by atoms with Crippen LogP contribution in [-0.2, 0) is 19.2 Å². The van der Waals surface area contributed by atoms with Crippen LogP contribution in [0.25, 0.3) is 0 Å². The molecule has 1 unspecified atom stereocenters. The van der Waals surface area contributed by atoms with Crippen molar-refractivity contribution in [3.05, 3.63) is 24.4 Å². The van der Waals surface area contributed by atoms with E-state index in [0.717, 1.165) is 5.03 Å². The van der Waals surface area contributed by atoms with Crippen molar-refractivity contribution in [1.82, 2.24) is 10.0 Å². The second-order valence-corrected chi connectivity index (χ2v) is 7.01. The number of imide groups is 1. The number of thioether (sulfide) groups is 1. The number of amides is 2. The molecule has 2 heterocycles. The lowest BCUT2D eigenvalue weighted by atomic mass is 10.2. The number of hydroxylamine groups is 2. The molecule has 2 fully saturated rings. The standard InChI is InChI=1S/C16H18N2O4S/c19-14-7-8-15(20)18(14)22-16(21)9-6-12(11-4-5-11)23-13-3-1-2-10-17-13/h1-3,10-12H,4-9H2. The van der Waals surface area contributed by atoms with Crippen molar-refractivity contribution < 1.29 is 19.2 Å². The first kappa shape index (κ1) is 16.0. The Morgan fingerprint density at radius 2 is 2.04 bits per heavy atom. The molecule has 6 nitrogen and oxygen atoms in total. The molecule has 0 spiro atoms. The van der Waals surface area contributed by atoms with E-state index in [1.165, 1.54) is 12.8 Å². The van der Waals surface area contributed by atoms with Gasteiger partial charge in [0.2, 0.25) is 0 Å². The smallest absolute Gasteiger partial charge is 0.330 e. The van der Waals surface area contributed by atoms with Crippen molar-refractivity contribution in [1.29, 1.82) is 0 Å². The van der Waals surface area contributed by atoms with Gasteiger partial charge in [0, 0.05) is 30.7 Å². The third-order valence-electron chi connectivity index (χ3n) is 3.89. The molecule has 1 saturated carbocycles. The minimum atomic E-state index is -0.527. The molecule has 122 valence electrons. The van der Waals surface area contributed by atoms with Gasteiger partial charge in [-0.25, -0.2) is 9.78 Å². The van der Waals surface area contributed by atoms with Crippen molar-refractivity contribution in [3.63, 3.8) is 0 Å². The predicted molar refractivity (Wildman–Crippen MR) is 83.0 cm³/mol. The summed E-state index contributed by atoms with van der Waals surface area (Å²) in [7, 11) is 0. The third-order valence-corrected chi connectivity index (χ3v) is 5.30. The Hall–Kier alpha value is -1.89. The summed E-state index contributed by atoms with van der Waals surface area (Å²) >= 11 is 1.68. The largest absolute Gasteiger partial charge is 0.333 e. The fourth-order valence-electron chi connectivity index (χ4n) is 2.50. The summed E-state index contributed by atoms with van der Waals surface area (Å²) in [6.45, 7) is 0. The molecule has 0 radical (unpaired) electrons. The van der Waals surface area contributed by atoms with Gasteiger partial charge in [0.1, 0.15) is 0 Å². The number of hydrogen-bond donors (Lipinski definition) is 0. The Labute approximate surface area is 138 Å². The minimum Gasteiger partial charge on any atom is -0.330 e. The first-order valence-corrected chi connectivity index (χ1v) is 8.65. The third kappa shape index (κ3) is 4.31. The fourth-order valence-corrected chi connectivity index (χ4v) is 3.79. The van der Waals surface area contributed by atoms with Crippen LogP contribution in [0.2, 0.25) is 0 Å². The molecular weight excluding hydrogens is 316 g/mol. The van der Waals surface area contributed by atoms with Crippen LogP contribution < -0.4 is 0 Å². The monoisotopic (exact) mass is 334 g/mol. The summed E-state index contributed by atoms with van der Waals surface area (Å²) in [5, 5.41) is 1.87. The lowest BCUT2D eigenvalue weighted by Crippen LogP contribution is -2.32. The SMILES string of the molecule is O=C(CCC(Sc1ccccn1)C1CC1)ON1C(=O)CCC1=O. The highest BCUT2D eigenvalue weighted by Crippen LogP contribution is 2.43. The van der Waals surface area contributed by atoms with E-state index in [2.05, 4.69) is 4.98 Å². The zero-order valence-corrected chi connectivity index (χ0v) is 13.5. The van der Waals surface area contributed by atoms with Crippen LogP contribution in [0.15, 0.2) is 29.4 Å². The quantitative estimate of drug-likeness (QED) is 0.563. The van der Waals surface area contributed by atoms with E-state index in [9.17, 15) is 14.4 Å². The summed E-state index contributed by atoms with van der Waals surface area (Å²) in [4.78, 5) is 44.0. The number of hydrogen-bond acceptors (Lipinski definition) is 6. The van der Waals surface area contributed by atoms with Gasteiger partial charge in [0.25, 0.3) is 11.8 Å². The molecule has 1 aromatic heterocycles. The van der Waals surface area contributed by atoms with Crippen LogP contribution in [0, 0.1) is 5.92 Å². The zero-order chi connectivity index (χ0) is 16.2. The molecule has 0 N–H and O–H groups in total. The van der Waals surface area contributed by atoms with Crippen LogP contribution in [-0.4, -0.2) is 33.1 Å². The molecular formula is C16H18N2O4S. The van der Waals surface area contributed by atoms with E-state index in [1.54, 1.807) is 18.0 Å². The number of carbonyl (C=O) groups excluding carboxylic acids is 3. The fraction of sp³-hybridized carbons (Fsp3) is 0.500. The first-order chi connectivity index (χ1) is 11.1. The predicted octanol–water partition coefficient (Wildman–Crippen LogP) is 2.34. The van der Waals surface area contributed by atoms with E-state index in [0.29, 0.717) is 22.7 Å². The Morgan fingerprint density at radius 1 is 1.30 bits per heavy atom. The van der Waals surface area contributed by atoms with Crippen molar-refractivity contribution in [2.45, 2.75) is 48.8 Å². The van der Waals surface area contributed by atoms with Crippen molar-refractivity contribution >= 4 is 29.5 Å². The Kier molecular flexibility index (Phi) is 4.95. The summed E-state index contributed by atoms with van der Waals surface area (Å²) in [6, 6.07) is 5.77. The van der Waals surface area contributed by atoms with E-state index in [1.807, 2.05) is 18.2 Å². The molecule has 1 aliphatic carbocycles. The maximum atomic E-state index is 11.9. The maximum Gasteiger partial charge on any atom is 0.333 e. The number of nitrogens with zero attached hydrogens (tertiary/aromatic N) is 2. The highest BCUT2D eigenvalue weighted by Gasteiger charge is 2.35. The lowest BCUT2D eigenvalue weighted by molar-refractivity contribution is -0.197. The summed E-state index contributed by atoms with van der Waals surface area (Å²) in [5.41, 5.74) is 0. The molecule has 7 heteroatoms. The molecule has 3 rings (SSSR count). The van der Waals surface area contributed by atoms with Gasteiger partial charge in [-0.3, -0.25) is 9.59 Å². The first-order valence-electron chi connectivity index (χ1n) is 7.78. The zero-order valence-electron chi connectivity index (χ0n) is 12.6. The molecule has 1 atom stereocenters. The molecule has 2 amide bonds. The molecule has 0 bridgehead atoms. The second-order valence-electron chi connectivity index (χ2n) is 5.75. The maximum absolute atomic E-state index is 11.9. The average Bonchev–Trinajstić information content (AvgIpc) is 3.35. The van der Waals surface area contributed by atoms with Crippen molar-refractivity contribution in [2.24, 2.45) is 5.92 Å². The van der Waals surface area contributed by atoms with Gasteiger partial charge in [0.15, 0.2) is 0 Å². The van der Waals surface area contributed by atoms with Crippen LogP contribution in [0.5, 0.6) is 0 Å². The molecule has 23 heavy (non-hydrogen) atoms. The summed E-state index contributed by atoms with van der Waals surface area (Å²) < 4.78 is 0. The van der Waals surface area contributed by atoms with Crippen molar-refractivity contribution in [3.8, 4) is 0 Å². The van der Waals surface area contributed by atoms with Gasteiger partial charge in [0.05, 0.1) is 5.03 Å². The van der Waals surface area contributed by atoms with Gasteiger partial charge in [-0.1, -0.05) is 6.07 Å². The molecule has 1 aromatic rings. The van der Waals surface area contributed by atoms with Gasteiger partial charge in [-0.05, 0) is 37.3 Å². The molecule has 1 saturated heterocycles. The average molecular weight is 334 g/mol. The van der Waals surface area contributed by atoms with Crippen molar-refractivity contribution in [2.75, 3.05) is 0 Å². The van der Waals surface area contributed by atoms with E-state index < -0.39 is 17.8 Å². The molecule has 0 aromatic carbocycles. The van der Waals surface area contributed by atoms with Gasteiger partial charge < -0.3 is 4.84 Å². The number of carbonyl (C=O) groups is 3. The number of rotatable bonds is 7. The van der Waals surface area contributed by atoms with Gasteiger partial charge in [-0.2, -0.15) is 0 Å². The van der Waals surface area contributed by atoms with Crippen LogP contribution in [0.3, 0.4) is 0 Å². The van der Waals surface area contributed by atoms with Gasteiger partial charge in [-0.15, -0.1) is 16.8 Å².